The van der Waals surface area contributed by atoms with E-state index in [0.29, 0.717) is 41.5 Å². The van der Waals surface area contributed by atoms with Crippen molar-refractivity contribution < 1.29 is 27.4 Å². The molecule has 0 radical (unpaired) electrons. The number of amides is 1. The highest BCUT2D eigenvalue weighted by Gasteiger charge is 2.30. The minimum atomic E-state index is -4.36. The van der Waals surface area contributed by atoms with Gasteiger partial charge in [0.05, 0.1) is 19.8 Å². The standard InChI is InChI=1S/C27H25F3N2O3S/c1-34-23-11-10-19(15-24(23)35-2)26(33)31-12-13-32-16-25(21-8-3-4-9-22(21)32)36-17-18-6-5-7-20(14-18)27(28,29)30/h3-11,14-16H,12-13,17H2,1-2H3,(H,31,33). The van der Waals surface area contributed by atoms with E-state index in [4.69, 9.17) is 9.47 Å². The number of benzene rings is 3. The van der Waals surface area contributed by atoms with Crippen LogP contribution in [0.3, 0.4) is 0 Å². The molecule has 36 heavy (non-hydrogen) atoms. The second-order valence-corrected chi connectivity index (χ2v) is 9.03. The summed E-state index contributed by atoms with van der Waals surface area (Å²) in [5, 5.41) is 3.93. The van der Waals surface area contributed by atoms with Gasteiger partial charge in [-0.2, -0.15) is 13.2 Å². The number of hydrogen-bond donors (Lipinski definition) is 1. The van der Waals surface area contributed by atoms with Crippen molar-refractivity contribution in [3.8, 4) is 11.5 Å². The van der Waals surface area contributed by atoms with Gasteiger partial charge in [0.25, 0.3) is 5.91 Å². The molecule has 0 bridgehead atoms. The number of nitrogens with one attached hydrogen (secondary N) is 1. The third kappa shape index (κ3) is 5.79. The van der Waals surface area contributed by atoms with Crippen LogP contribution < -0.4 is 14.8 Å². The van der Waals surface area contributed by atoms with E-state index in [2.05, 4.69) is 5.32 Å². The van der Waals surface area contributed by atoms with Crippen molar-refractivity contribution in [1.82, 2.24) is 9.88 Å². The molecule has 1 amide bonds. The fourth-order valence-electron chi connectivity index (χ4n) is 3.88. The molecule has 5 nitrogen and oxygen atoms in total. The SMILES string of the molecule is COc1ccc(C(=O)NCCn2cc(SCc3cccc(C(F)(F)F)c3)c3ccccc32)cc1OC. The van der Waals surface area contributed by atoms with Crippen LogP contribution in [-0.2, 0) is 18.5 Å². The molecule has 1 heterocycles. The fourth-order valence-corrected chi connectivity index (χ4v) is 4.91. The van der Waals surface area contributed by atoms with Crippen LogP contribution in [0.2, 0.25) is 0 Å². The first-order valence-corrected chi connectivity index (χ1v) is 12.2. The number of aromatic nitrogens is 1. The number of carbonyl (C=O) groups is 1. The van der Waals surface area contributed by atoms with Gasteiger partial charge in [-0.25, -0.2) is 0 Å². The molecule has 3 aromatic carbocycles. The van der Waals surface area contributed by atoms with E-state index in [1.165, 1.54) is 38.1 Å². The summed E-state index contributed by atoms with van der Waals surface area (Å²) in [5.74, 6) is 1.20. The summed E-state index contributed by atoms with van der Waals surface area (Å²) in [5.41, 5.74) is 1.41. The van der Waals surface area contributed by atoms with Gasteiger partial charge in [0.1, 0.15) is 0 Å². The van der Waals surface area contributed by atoms with Gasteiger partial charge in [0.15, 0.2) is 11.5 Å². The lowest BCUT2D eigenvalue weighted by Gasteiger charge is -2.10. The predicted octanol–water partition coefficient (Wildman–Crippen LogP) is 6.40. The van der Waals surface area contributed by atoms with Gasteiger partial charge in [-0.1, -0.05) is 36.4 Å². The number of fused-ring (bicyclic) bond motifs is 1. The second kappa shape index (κ2) is 11.0. The van der Waals surface area contributed by atoms with Crippen LogP contribution in [0.15, 0.2) is 77.8 Å². The number of para-hydroxylation sites is 1. The lowest BCUT2D eigenvalue weighted by molar-refractivity contribution is -0.137. The van der Waals surface area contributed by atoms with E-state index in [1.54, 1.807) is 24.3 Å². The number of rotatable bonds is 9. The molecular weight excluding hydrogens is 489 g/mol. The van der Waals surface area contributed by atoms with Crippen molar-refractivity contribution in [3.63, 3.8) is 0 Å². The largest absolute Gasteiger partial charge is 0.493 e. The van der Waals surface area contributed by atoms with Gasteiger partial charge in [0.2, 0.25) is 0 Å². The molecule has 1 N–H and O–H groups in total. The Bertz CT molecular complexity index is 1370. The molecule has 4 aromatic rings. The summed E-state index contributed by atoms with van der Waals surface area (Å²) in [7, 11) is 3.05. The molecular formula is C27H25F3N2O3S. The van der Waals surface area contributed by atoms with Crippen LogP contribution in [0, 0.1) is 0 Å². The monoisotopic (exact) mass is 514 g/mol. The molecule has 0 atom stereocenters. The van der Waals surface area contributed by atoms with Gasteiger partial charge in [-0.05, 0) is 35.9 Å². The van der Waals surface area contributed by atoms with Crippen molar-refractivity contribution in [2.75, 3.05) is 20.8 Å². The Morgan fingerprint density at radius 3 is 2.50 bits per heavy atom. The zero-order valence-corrected chi connectivity index (χ0v) is 20.6. The zero-order valence-electron chi connectivity index (χ0n) is 19.8. The summed E-state index contributed by atoms with van der Waals surface area (Å²) in [6, 6.07) is 18.2. The summed E-state index contributed by atoms with van der Waals surface area (Å²) in [6.45, 7) is 0.924. The molecule has 0 saturated carbocycles. The molecule has 0 spiro atoms. The average molecular weight is 515 g/mol. The maximum Gasteiger partial charge on any atom is 0.416 e. The Hall–Kier alpha value is -3.59. The number of hydrogen-bond acceptors (Lipinski definition) is 4. The summed E-state index contributed by atoms with van der Waals surface area (Å²) < 4.78 is 51.7. The molecule has 0 unspecified atom stereocenters. The number of alkyl halides is 3. The Kier molecular flexibility index (Phi) is 7.79. The topological polar surface area (TPSA) is 52.5 Å². The smallest absolute Gasteiger partial charge is 0.416 e. The number of thioether (sulfide) groups is 1. The van der Waals surface area contributed by atoms with Crippen LogP contribution in [0.1, 0.15) is 21.5 Å². The zero-order chi connectivity index (χ0) is 25.7. The molecule has 9 heteroatoms. The first-order chi connectivity index (χ1) is 17.3. The minimum Gasteiger partial charge on any atom is -0.493 e. The van der Waals surface area contributed by atoms with E-state index in [9.17, 15) is 18.0 Å². The maximum atomic E-state index is 13.0. The highest BCUT2D eigenvalue weighted by atomic mass is 32.2. The van der Waals surface area contributed by atoms with Crippen LogP contribution in [0.5, 0.6) is 11.5 Å². The Morgan fingerprint density at radius 1 is 0.972 bits per heavy atom. The number of ether oxygens (including phenoxy) is 2. The van der Waals surface area contributed by atoms with Crippen LogP contribution in [0.4, 0.5) is 13.2 Å². The third-order valence-electron chi connectivity index (χ3n) is 5.68. The summed E-state index contributed by atoms with van der Waals surface area (Å²) in [4.78, 5) is 13.6. The molecule has 4 rings (SSSR count). The lowest BCUT2D eigenvalue weighted by atomic mass is 10.1. The quantitative estimate of drug-likeness (QED) is 0.263. The molecule has 1 aromatic heterocycles. The van der Waals surface area contributed by atoms with Gasteiger partial charge >= 0.3 is 6.18 Å². The highest BCUT2D eigenvalue weighted by Crippen LogP contribution is 2.34. The van der Waals surface area contributed by atoms with E-state index in [0.717, 1.165) is 21.9 Å². The maximum absolute atomic E-state index is 13.0. The third-order valence-corrected chi connectivity index (χ3v) is 6.80. The van der Waals surface area contributed by atoms with Gasteiger partial charge in [0, 0.05) is 46.4 Å². The lowest BCUT2D eigenvalue weighted by Crippen LogP contribution is -2.27. The van der Waals surface area contributed by atoms with Crippen molar-refractivity contribution in [2.24, 2.45) is 0 Å². The molecule has 0 saturated heterocycles. The summed E-state index contributed by atoms with van der Waals surface area (Å²) >= 11 is 1.49. The summed E-state index contributed by atoms with van der Waals surface area (Å²) in [6.07, 6.45) is -2.39. The Balaban J connectivity index is 1.43. The molecule has 0 aliphatic carbocycles. The normalized spacial score (nSPS) is 11.5. The van der Waals surface area contributed by atoms with Gasteiger partial charge in [-0.15, -0.1) is 11.8 Å². The van der Waals surface area contributed by atoms with Crippen LogP contribution in [-0.4, -0.2) is 31.2 Å². The van der Waals surface area contributed by atoms with Crippen molar-refractivity contribution in [1.29, 1.82) is 0 Å². The number of carbonyl (C=O) groups excluding carboxylic acids is 1. The van der Waals surface area contributed by atoms with Gasteiger partial charge < -0.3 is 19.4 Å². The molecule has 0 aliphatic heterocycles. The first-order valence-electron chi connectivity index (χ1n) is 11.2. The molecule has 0 fully saturated rings. The van der Waals surface area contributed by atoms with Gasteiger partial charge in [-0.3, -0.25) is 4.79 Å². The van der Waals surface area contributed by atoms with Crippen molar-refractivity contribution >= 4 is 28.6 Å². The minimum absolute atomic E-state index is 0.230. The number of methoxy groups -OCH3 is 2. The van der Waals surface area contributed by atoms with Crippen LogP contribution in [0.25, 0.3) is 10.9 Å². The van der Waals surface area contributed by atoms with E-state index in [1.807, 2.05) is 35.0 Å². The first kappa shape index (κ1) is 25.5. The van der Waals surface area contributed by atoms with Crippen LogP contribution >= 0.6 is 11.8 Å². The average Bonchev–Trinajstić information content (AvgIpc) is 3.24. The van der Waals surface area contributed by atoms with E-state index < -0.39 is 11.7 Å². The second-order valence-electron chi connectivity index (χ2n) is 8.02. The highest BCUT2D eigenvalue weighted by molar-refractivity contribution is 7.98. The number of nitrogens with zero attached hydrogens (tertiary/aromatic N) is 1. The van der Waals surface area contributed by atoms with Crippen molar-refractivity contribution in [2.45, 2.75) is 23.4 Å². The molecule has 0 aliphatic rings. The number of halogens is 3. The molecule has 188 valence electrons. The van der Waals surface area contributed by atoms with E-state index in [-0.39, 0.29) is 5.91 Å². The fraction of sp³-hybridized carbons (Fsp3) is 0.222. The Labute approximate surface area is 211 Å². The predicted molar refractivity (Wildman–Crippen MR) is 135 cm³/mol. The van der Waals surface area contributed by atoms with Crippen molar-refractivity contribution in [3.05, 3.63) is 89.6 Å². The van der Waals surface area contributed by atoms with E-state index >= 15 is 0 Å². The Morgan fingerprint density at radius 2 is 1.75 bits per heavy atom.